The first-order valence-corrected chi connectivity index (χ1v) is 3.70. The van der Waals surface area contributed by atoms with Crippen molar-refractivity contribution < 1.29 is 19.3 Å². The van der Waals surface area contributed by atoms with E-state index in [4.69, 9.17) is 9.84 Å². The van der Waals surface area contributed by atoms with Crippen molar-refractivity contribution in [2.75, 3.05) is 0 Å². The lowest BCUT2D eigenvalue weighted by atomic mass is 9.98. The second-order valence-electron chi connectivity index (χ2n) is 3.06. The van der Waals surface area contributed by atoms with Crippen molar-refractivity contribution >= 4 is 0 Å². The smallest absolute Gasteiger partial charge is 0.186 e. The van der Waals surface area contributed by atoms with Crippen LogP contribution in [0.2, 0.25) is 0 Å². The van der Waals surface area contributed by atoms with E-state index in [1.807, 2.05) is 0 Å². The zero-order valence-corrected chi connectivity index (χ0v) is 6.62. The van der Waals surface area contributed by atoms with Crippen LogP contribution in [0.25, 0.3) is 0 Å². The highest BCUT2D eigenvalue weighted by Crippen LogP contribution is 2.33. The predicted octanol–water partition coefficient (Wildman–Crippen LogP) is 0.203. The Kier molecular flexibility index (Phi) is 2.18. The van der Waals surface area contributed by atoms with Crippen molar-refractivity contribution in [3.63, 3.8) is 0 Å². The van der Waals surface area contributed by atoms with Crippen LogP contribution in [0.4, 0.5) is 4.39 Å². The number of hydrogen-bond acceptors (Lipinski definition) is 3. The molecule has 1 heterocycles. The van der Waals surface area contributed by atoms with Crippen molar-refractivity contribution in [2.24, 2.45) is 0 Å². The van der Waals surface area contributed by atoms with Crippen LogP contribution in [0.1, 0.15) is 20.3 Å². The summed E-state index contributed by atoms with van der Waals surface area (Å²) < 4.78 is 17.9. The van der Waals surface area contributed by atoms with Crippen molar-refractivity contribution in [2.45, 2.75) is 44.4 Å². The molecule has 0 aliphatic carbocycles. The summed E-state index contributed by atoms with van der Waals surface area (Å²) in [5.41, 5.74) is -1.75. The van der Waals surface area contributed by atoms with Gasteiger partial charge in [-0.3, -0.25) is 0 Å². The molecule has 1 aliphatic heterocycles. The first-order chi connectivity index (χ1) is 5.00. The van der Waals surface area contributed by atoms with Crippen LogP contribution in [-0.2, 0) is 4.74 Å². The van der Waals surface area contributed by atoms with Gasteiger partial charge in [-0.1, -0.05) is 6.92 Å². The molecule has 2 unspecified atom stereocenters. The number of aliphatic hydroxyl groups excluding tert-OH is 1. The molecule has 0 aromatic carbocycles. The van der Waals surface area contributed by atoms with Gasteiger partial charge in [-0.25, -0.2) is 4.39 Å². The molecule has 0 aromatic heterocycles. The van der Waals surface area contributed by atoms with Crippen molar-refractivity contribution in [1.29, 1.82) is 0 Å². The number of aliphatic hydroxyl groups is 2. The van der Waals surface area contributed by atoms with Gasteiger partial charge in [0.15, 0.2) is 12.5 Å². The molecule has 4 heteroatoms. The number of rotatable bonds is 1. The topological polar surface area (TPSA) is 49.7 Å². The van der Waals surface area contributed by atoms with Gasteiger partial charge in [0, 0.05) is 0 Å². The lowest BCUT2D eigenvalue weighted by Crippen LogP contribution is -2.42. The normalized spacial score (nSPS) is 51.5. The predicted molar refractivity (Wildman–Crippen MR) is 36.7 cm³/mol. The van der Waals surface area contributed by atoms with Gasteiger partial charge >= 0.3 is 0 Å². The highest BCUT2D eigenvalue weighted by molar-refractivity contribution is 4.95. The first kappa shape index (κ1) is 8.90. The van der Waals surface area contributed by atoms with E-state index in [1.165, 1.54) is 6.92 Å². The maximum absolute atomic E-state index is 13.1. The minimum absolute atomic E-state index is 0.453. The third-order valence-electron chi connectivity index (χ3n) is 2.09. The SMILES string of the molecule is CC[C@H]1OC(O)C(C)(O)[C@H]1F. The van der Waals surface area contributed by atoms with Crippen LogP contribution in [0.3, 0.4) is 0 Å². The number of hydrogen-bond donors (Lipinski definition) is 2. The molecule has 4 atom stereocenters. The molecule has 66 valence electrons. The standard InChI is InChI=1S/C7H13FO3/c1-3-4-5(8)7(2,10)6(9)11-4/h4-6,9-10H,3H2,1-2H3/t4-,5+,6?,7?/m1/s1. The minimum Gasteiger partial charge on any atom is -0.382 e. The number of alkyl halides is 1. The molecule has 2 N–H and O–H groups in total. The third-order valence-corrected chi connectivity index (χ3v) is 2.09. The fraction of sp³-hybridized carbons (Fsp3) is 1.00. The van der Waals surface area contributed by atoms with Crippen LogP contribution in [-0.4, -0.2) is 34.4 Å². The Morgan fingerprint density at radius 1 is 1.64 bits per heavy atom. The summed E-state index contributed by atoms with van der Waals surface area (Å²) in [6.45, 7) is 2.98. The molecular weight excluding hydrogens is 151 g/mol. The molecule has 1 saturated heterocycles. The molecule has 3 nitrogen and oxygen atoms in total. The summed E-state index contributed by atoms with van der Waals surface area (Å²) in [4.78, 5) is 0. The molecule has 0 aromatic rings. The summed E-state index contributed by atoms with van der Waals surface area (Å²) in [5.74, 6) is 0. The van der Waals surface area contributed by atoms with E-state index >= 15 is 0 Å². The highest BCUT2D eigenvalue weighted by Gasteiger charge is 2.52. The second kappa shape index (κ2) is 2.69. The summed E-state index contributed by atoms with van der Waals surface area (Å²) in [5, 5.41) is 18.3. The Balaban J connectivity index is 2.71. The van der Waals surface area contributed by atoms with E-state index in [-0.39, 0.29) is 0 Å². The van der Waals surface area contributed by atoms with Gasteiger partial charge in [-0.2, -0.15) is 0 Å². The van der Waals surface area contributed by atoms with Crippen LogP contribution >= 0.6 is 0 Å². The van der Waals surface area contributed by atoms with Crippen LogP contribution in [0.5, 0.6) is 0 Å². The van der Waals surface area contributed by atoms with Crippen molar-refractivity contribution in [3.05, 3.63) is 0 Å². The molecule has 1 rings (SSSR count). The molecule has 1 fully saturated rings. The second-order valence-corrected chi connectivity index (χ2v) is 3.06. The molecule has 11 heavy (non-hydrogen) atoms. The monoisotopic (exact) mass is 164 g/mol. The van der Waals surface area contributed by atoms with E-state index in [1.54, 1.807) is 6.92 Å². The van der Waals surface area contributed by atoms with Gasteiger partial charge in [-0.05, 0) is 13.3 Å². The molecular formula is C7H13FO3. The lowest BCUT2D eigenvalue weighted by Gasteiger charge is -2.20. The quantitative estimate of drug-likeness (QED) is 0.582. The van der Waals surface area contributed by atoms with Gasteiger partial charge in [0.05, 0.1) is 6.10 Å². The highest BCUT2D eigenvalue weighted by atomic mass is 19.1. The van der Waals surface area contributed by atoms with Gasteiger partial charge in [-0.15, -0.1) is 0 Å². The van der Waals surface area contributed by atoms with E-state index in [0.717, 1.165) is 0 Å². The van der Waals surface area contributed by atoms with E-state index in [2.05, 4.69) is 0 Å². The van der Waals surface area contributed by atoms with Gasteiger partial charge in [0.2, 0.25) is 0 Å². The van der Waals surface area contributed by atoms with Gasteiger partial charge < -0.3 is 14.9 Å². The van der Waals surface area contributed by atoms with Crippen LogP contribution in [0, 0.1) is 0 Å². The molecule has 1 aliphatic rings. The van der Waals surface area contributed by atoms with Gasteiger partial charge in [0.1, 0.15) is 5.60 Å². The van der Waals surface area contributed by atoms with Crippen molar-refractivity contribution in [1.82, 2.24) is 0 Å². The first-order valence-electron chi connectivity index (χ1n) is 3.70. The van der Waals surface area contributed by atoms with Crippen LogP contribution in [0.15, 0.2) is 0 Å². The summed E-state index contributed by atoms with van der Waals surface area (Å²) >= 11 is 0. The average molecular weight is 164 g/mol. The van der Waals surface area contributed by atoms with E-state index < -0.39 is 24.2 Å². The molecule has 0 radical (unpaired) electrons. The maximum Gasteiger partial charge on any atom is 0.186 e. The molecule has 0 bridgehead atoms. The summed E-state index contributed by atoms with van der Waals surface area (Å²) in [6.07, 6.45) is -3.13. The van der Waals surface area contributed by atoms with Crippen molar-refractivity contribution in [3.8, 4) is 0 Å². The summed E-state index contributed by atoms with van der Waals surface area (Å²) in [6, 6.07) is 0. The Hall–Kier alpha value is -0.190. The molecule has 0 spiro atoms. The Bertz CT molecular complexity index is 149. The Morgan fingerprint density at radius 3 is 2.36 bits per heavy atom. The van der Waals surface area contributed by atoms with E-state index in [0.29, 0.717) is 6.42 Å². The fourth-order valence-electron chi connectivity index (χ4n) is 1.19. The number of halogens is 1. The Labute approximate surface area is 64.8 Å². The van der Waals surface area contributed by atoms with E-state index in [9.17, 15) is 9.50 Å². The third kappa shape index (κ3) is 1.26. The minimum atomic E-state index is -1.75. The van der Waals surface area contributed by atoms with Crippen LogP contribution < -0.4 is 0 Å². The molecule has 0 amide bonds. The summed E-state index contributed by atoms with van der Waals surface area (Å²) in [7, 11) is 0. The Morgan fingerprint density at radius 2 is 2.18 bits per heavy atom. The van der Waals surface area contributed by atoms with Gasteiger partial charge in [0.25, 0.3) is 0 Å². The fourth-order valence-corrected chi connectivity index (χ4v) is 1.19. The zero-order chi connectivity index (χ0) is 8.65. The average Bonchev–Trinajstić information content (AvgIpc) is 2.14. The maximum atomic E-state index is 13.1. The molecule has 0 saturated carbocycles. The lowest BCUT2D eigenvalue weighted by molar-refractivity contribution is -0.164. The number of ether oxygens (including phenoxy) is 1. The zero-order valence-electron chi connectivity index (χ0n) is 6.62. The largest absolute Gasteiger partial charge is 0.382 e.